The first-order valence-electron chi connectivity index (χ1n) is 9.98. The number of piperidine rings is 1. The molecule has 2 aromatic carbocycles. The van der Waals surface area contributed by atoms with Crippen molar-refractivity contribution in [2.45, 2.75) is 19.3 Å². The number of nitrogens with zero attached hydrogens (tertiary/aromatic N) is 2. The zero-order chi connectivity index (χ0) is 20.2. The van der Waals surface area contributed by atoms with E-state index >= 15 is 0 Å². The van der Waals surface area contributed by atoms with Crippen molar-refractivity contribution < 1.29 is 19.4 Å². The van der Waals surface area contributed by atoms with Crippen LogP contribution in [0, 0.1) is 5.92 Å². The number of rotatable bonds is 5. The van der Waals surface area contributed by atoms with E-state index < -0.39 is 5.97 Å². The Hall–Kier alpha value is -2.15. The summed E-state index contributed by atoms with van der Waals surface area (Å²) in [7, 11) is 0. The molecule has 0 radical (unpaired) electrons. The number of carboxylic acid groups (broad SMARTS) is 1. The maximum atomic E-state index is 11.3. The summed E-state index contributed by atoms with van der Waals surface area (Å²) in [5, 5.41) is 9.96. The number of carbonyl (C=O) groups is 1. The van der Waals surface area contributed by atoms with E-state index in [2.05, 4.69) is 9.80 Å². The Kier molecular flexibility index (Phi) is 7.69. The Balaban J connectivity index is 0.00000256. The van der Waals surface area contributed by atoms with Gasteiger partial charge in [0, 0.05) is 18.1 Å². The molecule has 2 aliphatic heterocycles. The molecule has 1 atom stereocenters. The molecule has 0 aliphatic carbocycles. The molecule has 2 heterocycles. The average Bonchev–Trinajstić information content (AvgIpc) is 2.72. The molecular weight excluding hydrogens is 427 g/mol. The summed E-state index contributed by atoms with van der Waals surface area (Å²) in [6, 6.07) is 13.5. The molecule has 8 heteroatoms. The summed E-state index contributed by atoms with van der Waals surface area (Å²) in [6.45, 7) is 3.31. The molecule has 2 aromatic rings. The Bertz CT molecular complexity index is 880. The van der Waals surface area contributed by atoms with Crippen LogP contribution >= 0.6 is 24.0 Å². The van der Waals surface area contributed by atoms with Crippen molar-refractivity contribution in [1.29, 1.82) is 0 Å². The van der Waals surface area contributed by atoms with Crippen molar-refractivity contribution >= 4 is 41.4 Å². The molecule has 0 amide bonds. The van der Waals surface area contributed by atoms with Gasteiger partial charge in [-0.1, -0.05) is 23.7 Å². The number of fused-ring (bicyclic) bond motifs is 2. The van der Waals surface area contributed by atoms with Crippen LogP contribution in [0.4, 0.5) is 11.4 Å². The van der Waals surface area contributed by atoms with Crippen LogP contribution in [0.25, 0.3) is 0 Å². The lowest BCUT2D eigenvalue weighted by atomic mass is 9.98. The minimum Gasteiger partial charge on any atom is -0.481 e. The lowest BCUT2D eigenvalue weighted by Gasteiger charge is -2.33. The van der Waals surface area contributed by atoms with Gasteiger partial charge in [0.15, 0.2) is 0 Å². The third-order valence-corrected chi connectivity index (χ3v) is 5.74. The van der Waals surface area contributed by atoms with Crippen molar-refractivity contribution in [2.24, 2.45) is 5.92 Å². The van der Waals surface area contributed by atoms with Crippen LogP contribution in [0.5, 0.6) is 11.5 Å². The quantitative estimate of drug-likeness (QED) is 0.701. The van der Waals surface area contributed by atoms with E-state index in [1.54, 1.807) is 0 Å². The maximum absolute atomic E-state index is 11.3. The molecule has 0 bridgehead atoms. The van der Waals surface area contributed by atoms with Gasteiger partial charge in [0.05, 0.1) is 17.3 Å². The fraction of sp³-hybridized carbons (Fsp3) is 0.409. The Morgan fingerprint density at radius 2 is 1.87 bits per heavy atom. The molecule has 1 saturated heterocycles. The smallest absolute Gasteiger partial charge is 0.307 e. The Morgan fingerprint density at radius 3 is 2.67 bits per heavy atom. The minimum absolute atomic E-state index is 0. The van der Waals surface area contributed by atoms with Crippen molar-refractivity contribution in [3.05, 3.63) is 47.5 Å². The third kappa shape index (κ3) is 5.12. The number of aliphatic carboxylic acids is 1. The molecule has 6 nitrogen and oxygen atoms in total. The highest BCUT2D eigenvalue weighted by Crippen LogP contribution is 2.41. The maximum Gasteiger partial charge on any atom is 0.307 e. The highest BCUT2D eigenvalue weighted by molar-refractivity contribution is 6.31. The zero-order valence-electron chi connectivity index (χ0n) is 16.6. The summed E-state index contributed by atoms with van der Waals surface area (Å²) in [5.41, 5.74) is 1.89. The van der Waals surface area contributed by atoms with Crippen molar-refractivity contribution in [1.82, 2.24) is 4.90 Å². The number of carboxylic acids is 1. The van der Waals surface area contributed by atoms with Gasteiger partial charge in [0.25, 0.3) is 0 Å². The van der Waals surface area contributed by atoms with Crippen molar-refractivity contribution in [2.75, 3.05) is 37.9 Å². The molecule has 1 fully saturated rings. The van der Waals surface area contributed by atoms with Gasteiger partial charge in [-0.2, -0.15) is 0 Å². The fourth-order valence-electron chi connectivity index (χ4n) is 4.07. The van der Waals surface area contributed by atoms with E-state index in [1.807, 2.05) is 42.5 Å². The normalized spacial score (nSPS) is 18.6. The van der Waals surface area contributed by atoms with Crippen LogP contribution < -0.4 is 14.4 Å². The fourth-order valence-corrected chi connectivity index (χ4v) is 4.23. The summed E-state index contributed by atoms with van der Waals surface area (Å²) in [5.74, 6) is 0.549. The number of para-hydroxylation sites is 2. The van der Waals surface area contributed by atoms with Gasteiger partial charge in [-0.15, -0.1) is 12.4 Å². The molecule has 0 unspecified atom stereocenters. The number of benzene rings is 2. The van der Waals surface area contributed by atoms with Crippen molar-refractivity contribution in [3.63, 3.8) is 0 Å². The van der Waals surface area contributed by atoms with E-state index in [4.69, 9.17) is 21.1 Å². The van der Waals surface area contributed by atoms with Gasteiger partial charge in [-0.25, -0.2) is 0 Å². The predicted molar refractivity (Wildman–Crippen MR) is 120 cm³/mol. The predicted octanol–water partition coefficient (Wildman–Crippen LogP) is 4.82. The molecule has 1 N–H and O–H groups in total. The van der Waals surface area contributed by atoms with E-state index in [0.717, 1.165) is 61.8 Å². The molecule has 0 spiro atoms. The first-order chi connectivity index (χ1) is 14.1. The van der Waals surface area contributed by atoms with Crippen LogP contribution in [-0.4, -0.2) is 48.9 Å². The molecule has 30 heavy (non-hydrogen) atoms. The minimum atomic E-state index is -0.690. The Morgan fingerprint density at radius 1 is 1.10 bits per heavy atom. The molecule has 2 aliphatic rings. The number of hydrogen-bond donors (Lipinski definition) is 1. The first kappa shape index (κ1) is 22.5. The highest BCUT2D eigenvalue weighted by Gasteiger charge is 2.26. The largest absolute Gasteiger partial charge is 0.481 e. The van der Waals surface area contributed by atoms with Gasteiger partial charge in [0.2, 0.25) is 6.79 Å². The number of likely N-dealkylation sites (tertiary alicyclic amines) is 1. The topological polar surface area (TPSA) is 62.2 Å². The molecular formula is C22H26Cl2N2O4. The van der Waals surface area contributed by atoms with Crippen LogP contribution in [0.1, 0.15) is 19.3 Å². The van der Waals surface area contributed by atoms with Gasteiger partial charge < -0.3 is 24.4 Å². The first-order valence-corrected chi connectivity index (χ1v) is 10.4. The van der Waals surface area contributed by atoms with Crippen LogP contribution in [0.2, 0.25) is 5.02 Å². The SMILES string of the molecule is Cl.O=C(O)[C@@H]1CCCN(CCCN2c3ccccc3OCOc3ccc(Cl)cc32)C1. The molecule has 162 valence electrons. The van der Waals surface area contributed by atoms with Gasteiger partial charge in [-0.05, 0) is 62.7 Å². The van der Waals surface area contributed by atoms with Crippen LogP contribution in [0.3, 0.4) is 0 Å². The zero-order valence-corrected chi connectivity index (χ0v) is 18.2. The van der Waals surface area contributed by atoms with Crippen LogP contribution in [-0.2, 0) is 4.79 Å². The summed E-state index contributed by atoms with van der Waals surface area (Å²) < 4.78 is 11.6. The van der Waals surface area contributed by atoms with E-state index in [1.165, 1.54) is 0 Å². The Labute approximate surface area is 187 Å². The summed E-state index contributed by atoms with van der Waals surface area (Å²) >= 11 is 6.29. The number of ether oxygens (including phenoxy) is 2. The lowest BCUT2D eigenvalue weighted by Crippen LogP contribution is -2.39. The van der Waals surface area contributed by atoms with E-state index in [9.17, 15) is 9.90 Å². The van der Waals surface area contributed by atoms with Gasteiger partial charge in [-0.3, -0.25) is 4.79 Å². The second-order valence-corrected chi connectivity index (χ2v) is 7.91. The van der Waals surface area contributed by atoms with Gasteiger partial charge >= 0.3 is 5.97 Å². The molecule has 0 aromatic heterocycles. The lowest BCUT2D eigenvalue weighted by molar-refractivity contribution is -0.143. The number of hydrogen-bond acceptors (Lipinski definition) is 5. The third-order valence-electron chi connectivity index (χ3n) is 5.51. The summed E-state index contributed by atoms with van der Waals surface area (Å²) in [4.78, 5) is 15.8. The van der Waals surface area contributed by atoms with Crippen molar-refractivity contribution in [3.8, 4) is 11.5 Å². The second-order valence-electron chi connectivity index (χ2n) is 7.47. The van der Waals surface area contributed by atoms with Crippen LogP contribution in [0.15, 0.2) is 42.5 Å². The second kappa shape index (κ2) is 10.2. The molecule has 4 rings (SSSR count). The number of halogens is 2. The number of anilines is 2. The van der Waals surface area contributed by atoms with Gasteiger partial charge in [0.1, 0.15) is 11.5 Å². The average molecular weight is 453 g/mol. The van der Waals surface area contributed by atoms with E-state index in [0.29, 0.717) is 11.6 Å². The van der Waals surface area contributed by atoms with E-state index in [-0.39, 0.29) is 25.1 Å². The highest BCUT2D eigenvalue weighted by atomic mass is 35.5. The monoisotopic (exact) mass is 452 g/mol. The molecule has 0 saturated carbocycles. The summed E-state index contributed by atoms with van der Waals surface area (Å²) in [6.07, 6.45) is 2.59. The standard InChI is InChI=1S/C22H25ClN2O4.ClH/c23-17-8-9-21-19(13-17)25(18-6-1-2-7-20(18)28-15-29-21)12-4-11-24-10-3-5-16(14-24)22(26)27;/h1-2,6-9,13,16H,3-5,10-12,14-15H2,(H,26,27);1H/t16-;/m1./s1.